The minimum absolute atomic E-state index is 0.0475. The summed E-state index contributed by atoms with van der Waals surface area (Å²) in [7, 11) is 1.41. The maximum Gasteiger partial charge on any atom is 0.343 e. The Kier molecular flexibility index (Phi) is 7.80. The number of carbonyl (C=O) groups excluding carboxylic acids is 2. The van der Waals surface area contributed by atoms with Crippen molar-refractivity contribution in [2.75, 3.05) is 13.7 Å². The van der Waals surface area contributed by atoms with Crippen molar-refractivity contribution in [1.82, 2.24) is 5.43 Å². The molecule has 0 fully saturated rings. The Morgan fingerprint density at radius 3 is 2.46 bits per heavy atom. The summed E-state index contributed by atoms with van der Waals surface area (Å²) < 4.78 is 22.2. The predicted octanol–water partition coefficient (Wildman–Crippen LogP) is 4.41. The van der Waals surface area contributed by atoms with Crippen LogP contribution in [0.4, 0.5) is 5.69 Å². The van der Waals surface area contributed by atoms with Crippen molar-refractivity contribution in [2.24, 2.45) is 5.10 Å². The van der Waals surface area contributed by atoms with Crippen LogP contribution >= 0.6 is 0 Å². The number of esters is 1. The molecule has 0 aromatic heterocycles. The monoisotopic (exact) mass is 533 g/mol. The van der Waals surface area contributed by atoms with E-state index in [0.717, 1.165) is 5.56 Å². The van der Waals surface area contributed by atoms with Crippen molar-refractivity contribution in [1.29, 1.82) is 0 Å². The van der Waals surface area contributed by atoms with Gasteiger partial charge in [0.25, 0.3) is 11.6 Å². The first-order chi connectivity index (χ1) is 18.5. The fourth-order valence-corrected chi connectivity index (χ4v) is 3.64. The van der Waals surface area contributed by atoms with E-state index in [1.807, 2.05) is 18.2 Å². The highest BCUT2D eigenvalue weighted by atomic mass is 16.6. The maximum absolute atomic E-state index is 12.6. The number of nitro benzene ring substituents is 1. The molecular weight excluding hydrogens is 506 g/mol. The third-order valence-electron chi connectivity index (χ3n) is 5.85. The number of methoxy groups -OCH3 is 1. The molecule has 0 saturated carbocycles. The first-order valence-corrected chi connectivity index (χ1v) is 12.0. The van der Waals surface area contributed by atoms with Crippen LogP contribution in [0.5, 0.6) is 23.0 Å². The average molecular weight is 534 g/mol. The van der Waals surface area contributed by atoms with Crippen molar-refractivity contribution in [3.63, 3.8) is 0 Å². The van der Waals surface area contributed by atoms with Gasteiger partial charge in [0.2, 0.25) is 6.10 Å². The van der Waals surface area contributed by atoms with E-state index in [1.54, 1.807) is 12.1 Å². The number of nitrogens with one attached hydrogen (secondary N) is 1. The fourth-order valence-electron chi connectivity index (χ4n) is 3.64. The number of hydrogen-bond acceptors (Lipinski definition) is 9. The molecule has 1 heterocycles. The Morgan fingerprint density at radius 2 is 1.79 bits per heavy atom. The smallest absolute Gasteiger partial charge is 0.343 e. The minimum atomic E-state index is -0.874. The van der Waals surface area contributed by atoms with Crippen LogP contribution in [-0.2, 0) is 10.2 Å². The van der Waals surface area contributed by atoms with Gasteiger partial charge in [-0.2, -0.15) is 5.10 Å². The SMILES string of the molecule is COc1cc(/C=N\NC(=O)C2COc3ccc(C(C)(C)C)cc3O2)ccc1OC(=O)c1ccc([N+](=O)[O-])cc1. The molecule has 4 rings (SSSR count). The summed E-state index contributed by atoms with van der Waals surface area (Å²) in [5.74, 6) is 0.291. The van der Waals surface area contributed by atoms with Gasteiger partial charge in [-0.25, -0.2) is 10.2 Å². The van der Waals surface area contributed by atoms with E-state index in [2.05, 4.69) is 31.3 Å². The molecule has 0 spiro atoms. The van der Waals surface area contributed by atoms with Crippen molar-refractivity contribution in [2.45, 2.75) is 32.3 Å². The van der Waals surface area contributed by atoms with Gasteiger partial charge in [0.1, 0.15) is 6.61 Å². The summed E-state index contributed by atoms with van der Waals surface area (Å²) in [5, 5.41) is 14.8. The van der Waals surface area contributed by atoms with Crippen molar-refractivity contribution < 1.29 is 33.5 Å². The van der Waals surface area contributed by atoms with E-state index in [0.29, 0.717) is 17.1 Å². The van der Waals surface area contributed by atoms with E-state index in [4.69, 9.17) is 18.9 Å². The molecule has 39 heavy (non-hydrogen) atoms. The number of nitro groups is 1. The topological polar surface area (TPSA) is 139 Å². The molecule has 0 bridgehead atoms. The summed E-state index contributed by atoms with van der Waals surface area (Å²) in [6.45, 7) is 6.30. The third-order valence-corrected chi connectivity index (χ3v) is 5.85. The highest BCUT2D eigenvalue weighted by Gasteiger charge is 2.28. The highest BCUT2D eigenvalue weighted by molar-refractivity contribution is 5.92. The second-order valence-corrected chi connectivity index (χ2v) is 9.67. The van der Waals surface area contributed by atoms with Gasteiger partial charge in [-0.05, 0) is 59.0 Å². The van der Waals surface area contributed by atoms with Gasteiger partial charge in [-0.15, -0.1) is 0 Å². The molecule has 11 nitrogen and oxygen atoms in total. The second kappa shape index (κ2) is 11.2. The number of carbonyl (C=O) groups is 2. The molecule has 1 amide bonds. The van der Waals surface area contributed by atoms with Gasteiger partial charge in [-0.1, -0.05) is 26.8 Å². The molecule has 1 aliphatic heterocycles. The zero-order chi connectivity index (χ0) is 28.2. The predicted molar refractivity (Wildman–Crippen MR) is 142 cm³/mol. The average Bonchev–Trinajstić information content (AvgIpc) is 2.92. The molecule has 3 aromatic rings. The number of rotatable bonds is 7. The van der Waals surface area contributed by atoms with Crippen LogP contribution in [0.25, 0.3) is 0 Å². The molecule has 1 aliphatic rings. The van der Waals surface area contributed by atoms with Gasteiger partial charge in [0.15, 0.2) is 23.0 Å². The van der Waals surface area contributed by atoms with Crippen molar-refractivity contribution in [3.05, 3.63) is 87.5 Å². The molecular formula is C28H27N3O8. The number of nitrogens with zero attached hydrogens (tertiary/aromatic N) is 2. The summed E-state index contributed by atoms with van der Waals surface area (Å²) in [6, 6.07) is 15.4. The number of hydrazone groups is 1. The van der Waals surface area contributed by atoms with Crippen LogP contribution in [0.15, 0.2) is 65.8 Å². The van der Waals surface area contributed by atoms with Gasteiger partial charge < -0.3 is 18.9 Å². The van der Waals surface area contributed by atoms with Crippen LogP contribution < -0.4 is 24.4 Å². The van der Waals surface area contributed by atoms with Crippen LogP contribution in [0.1, 0.15) is 42.3 Å². The fraction of sp³-hybridized carbons (Fsp3) is 0.250. The van der Waals surface area contributed by atoms with Crippen molar-refractivity contribution >= 4 is 23.8 Å². The molecule has 0 aliphatic carbocycles. The van der Waals surface area contributed by atoms with Gasteiger partial charge >= 0.3 is 5.97 Å². The zero-order valence-corrected chi connectivity index (χ0v) is 21.8. The van der Waals surface area contributed by atoms with Crippen LogP contribution in [0.3, 0.4) is 0 Å². The molecule has 1 unspecified atom stereocenters. The first kappa shape index (κ1) is 27.1. The van der Waals surface area contributed by atoms with E-state index < -0.39 is 22.9 Å². The number of fused-ring (bicyclic) bond motifs is 1. The Bertz CT molecular complexity index is 1430. The van der Waals surface area contributed by atoms with Crippen LogP contribution in [0.2, 0.25) is 0 Å². The quantitative estimate of drug-likeness (QED) is 0.155. The standard InChI is InChI=1S/C28H27N3O8/c1-28(2,3)19-8-12-21-24(14-19)38-25(16-37-21)26(32)30-29-15-17-5-11-22(23(13-17)36-4)39-27(33)18-6-9-20(10-7-18)31(34)35/h5-15,25H,16H2,1-4H3,(H,30,32)/b29-15-. The lowest BCUT2D eigenvalue weighted by atomic mass is 9.87. The van der Waals surface area contributed by atoms with E-state index in [9.17, 15) is 19.7 Å². The summed E-state index contributed by atoms with van der Waals surface area (Å²) in [6.07, 6.45) is 0.526. The largest absolute Gasteiger partial charge is 0.493 e. The van der Waals surface area contributed by atoms with Crippen LogP contribution in [-0.4, -0.2) is 42.8 Å². The Balaban J connectivity index is 1.37. The molecule has 3 aromatic carbocycles. The van der Waals surface area contributed by atoms with E-state index in [1.165, 1.54) is 43.7 Å². The maximum atomic E-state index is 12.6. The molecule has 0 saturated heterocycles. The van der Waals surface area contributed by atoms with Crippen LogP contribution in [0, 0.1) is 10.1 Å². The lowest BCUT2D eigenvalue weighted by Gasteiger charge is -2.27. The number of hydrogen-bond donors (Lipinski definition) is 1. The molecule has 0 radical (unpaired) electrons. The Hall–Kier alpha value is -4.93. The Labute approximate surface area is 224 Å². The van der Waals surface area contributed by atoms with Gasteiger partial charge in [0, 0.05) is 12.1 Å². The molecule has 1 atom stereocenters. The van der Waals surface area contributed by atoms with Gasteiger partial charge in [0.05, 0.1) is 23.8 Å². The third kappa shape index (κ3) is 6.50. The summed E-state index contributed by atoms with van der Waals surface area (Å²) >= 11 is 0. The van der Waals surface area contributed by atoms with Gasteiger partial charge in [-0.3, -0.25) is 14.9 Å². The highest BCUT2D eigenvalue weighted by Crippen LogP contribution is 2.36. The number of ether oxygens (including phenoxy) is 4. The summed E-state index contributed by atoms with van der Waals surface area (Å²) in [4.78, 5) is 35.3. The zero-order valence-electron chi connectivity index (χ0n) is 21.8. The normalized spacial score (nSPS) is 14.5. The lowest BCUT2D eigenvalue weighted by Crippen LogP contribution is -2.42. The van der Waals surface area contributed by atoms with Crippen molar-refractivity contribution in [3.8, 4) is 23.0 Å². The summed E-state index contributed by atoms with van der Waals surface area (Å²) in [5.41, 5.74) is 3.98. The first-order valence-electron chi connectivity index (χ1n) is 12.0. The Morgan fingerprint density at radius 1 is 1.05 bits per heavy atom. The number of non-ortho nitro benzene ring substituents is 1. The number of benzene rings is 3. The molecule has 202 valence electrons. The van der Waals surface area contributed by atoms with E-state index >= 15 is 0 Å². The molecule has 1 N–H and O–H groups in total. The van der Waals surface area contributed by atoms with E-state index in [-0.39, 0.29) is 34.8 Å². The minimum Gasteiger partial charge on any atom is -0.493 e. The second-order valence-electron chi connectivity index (χ2n) is 9.67. The molecule has 11 heteroatoms. The number of amides is 1. The lowest BCUT2D eigenvalue weighted by molar-refractivity contribution is -0.384.